The maximum absolute atomic E-state index is 11.0. The van der Waals surface area contributed by atoms with Gasteiger partial charge in [-0.25, -0.2) is 4.79 Å². The zero-order valence-corrected chi connectivity index (χ0v) is 10.9. The normalized spacial score (nSPS) is 14.6. The molecule has 0 saturated heterocycles. The lowest BCUT2D eigenvalue weighted by Gasteiger charge is -2.11. The van der Waals surface area contributed by atoms with Gasteiger partial charge in [0.25, 0.3) is 0 Å². The van der Waals surface area contributed by atoms with Crippen LogP contribution in [-0.4, -0.2) is 33.3 Å². The smallest absolute Gasteiger partial charge is 0.346 e. The number of thiophene rings is 1. The average Bonchev–Trinajstić information content (AvgIpc) is 2.61. The predicted molar refractivity (Wildman–Crippen MR) is 66.5 cm³/mol. The van der Waals surface area contributed by atoms with Gasteiger partial charge in [-0.3, -0.25) is 4.21 Å². The van der Waals surface area contributed by atoms with Gasteiger partial charge < -0.3 is 10.4 Å². The van der Waals surface area contributed by atoms with Crippen LogP contribution in [0.25, 0.3) is 0 Å². The van der Waals surface area contributed by atoms with Gasteiger partial charge in [0.1, 0.15) is 4.88 Å². The highest BCUT2D eigenvalue weighted by Crippen LogP contribution is 2.16. The SMILES string of the molecule is CC(CS(C)=O)NCc1ccsc1C(=O)O. The third-order valence-corrected chi connectivity index (χ3v) is 3.98. The van der Waals surface area contributed by atoms with Gasteiger partial charge in [0.05, 0.1) is 0 Å². The second kappa shape index (κ2) is 6.12. The van der Waals surface area contributed by atoms with E-state index in [9.17, 15) is 9.00 Å². The number of carboxylic acids is 1. The van der Waals surface area contributed by atoms with Crippen molar-refractivity contribution in [1.29, 1.82) is 0 Å². The molecule has 0 amide bonds. The molecule has 0 aliphatic carbocycles. The topological polar surface area (TPSA) is 66.4 Å². The first-order chi connectivity index (χ1) is 7.50. The van der Waals surface area contributed by atoms with Crippen molar-refractivity contribution in [2.75, 3.05) is 12.0 Å². The minimum absolute atomic E-state index is 0.118. The Morgan fingerprint density at radius 2 is 2.38 bits per heavy atom. The summed E-state index contributed by atoms with van der Waals surface area (Å²) in [6, 6.07) is 1.92. The number of hydrogen-bond donors (Lipinski definition) is 2. The monoisotopic (exact) mass is 261 g/mol. The summed E-state index contributed by atoms with van der Waals surface area (Å²) in [5.74, 6) is -0.314. The molecule has 6 heteroatoms. The molecular weight excluding hydrogens is 246 g/mol. The van der Waals surface area contributed by atoms with Crippen LogP contribution in [0.15, 0.2) is 11.4 Å². The Balaban J connectivity index is 2.51. The summed E-state index contributed by atoms with van der Waals surface area (Å²) in [7, 11) is -0.834. The molecule has 2 atom stereocenters. The summed E-state index contributed by atoms with van der Waals surface area (Å²) in [6.45, 7) is 2.44. The minimum Gasteiger partial charge on any atom is -0.477 e. The van der Waals surface area contributed by atoms with Gasteiger partial charge in [-0.05, 0) is 23.9 Å². The number of aromatic carboxylic acids is 1. The van der Waals surface area contributed by atoms with Crippen LogP contribution in [0.4, 0.5) is 0 Å². The van der Waals surface area contributed by atoms with Crippen molar-refractivity contribution < 1.29 is 14.1 Å². The van der Waals surface area contributed by atoms with Gasteiger partial charge in [0, 0.05) is 35.4 Å². The Bertz CT molecular complexity index is 389. The van der Waals surface area contributed by atoms with E-state index in [4.69, 9.17) is 5.11 Å². The molecule has 0 radical (unpaired) electrons. The Kier molecular flexibility index (Phi) is 5.11. The summed E-state index contributed by atoms with van der Waals surface area (Å²) in [4.78, 5) is 11.2. The third-order valence-electron chi connectivity index (χ3n) is 2.07. The van der Waals surface area contributed by atoms with E-state index in [-0.39, 0.29) is 6.04 Å². The molecule has 1 aromatic rings. The molecule has 1 aromatic heterocycles. The predicted octanol–water partition coefficient (Wildman–Crippen LogP) is 1.30. The lowest BCUT2D eigenvalue weighted by molar-refractivity contribution is 0.0701. The Morgan fingerprint density at radius 3 is 2.94 bits per heavy atom. The van der Waals surface area contributed by atoms with Crippen LogP contribution in [0.5, 0.6) is 0 Å². The molecule has 90 valence electrons. The summed E-state index contributed by atoms with van der Waals surface area (Å²) in [5.41, 5.74) is 0.784. The molecule has 4 nitrogen and oxygen atoms in total. The number of carbonyl (C=O) groups is 1. The van der Waals surface area contributed by atoms with Crippen LogP contribution in [-0.2, 0) is 17.3 Å². The number of carboxylic acid groups (broad SMARTS) is 1. The van der Waals surface area contributed by atoms with E-state index in [0.717, 1.165) is 5.56 Å². The summed E-state index contributed by atoms with van der Waals surface area (Å²) >= 11 is 1.22. The van der Waals surface area contributed by atoms with Crippen molar-refractivity contribution in [3.05, 3.63) is 21.9 Å². The number of nitrogens with one attached hydrogen (secondary N) is 1. The molecule has 16 heavy (non-hydrogen) atoms. The van der Waals surface area contributed by atoms with Gasteiger partial charge in [-0.15, -0.1) is 11.3 Å². The fourth-order valence-corrected chi connectivity index (χ4v) is 2.94. The summed E-state index contributed by atoms with van der Waals surface area (Å²) in [6.07, 6.45) is 1.66. The molecule has 2 N–H and O–H groups in total. The lowest BCUT2D eigenvalue weighted by atomic mass is 10.2. The van der Waals surface area contributed by atoms with Gasteiger partial charge in [-0.1, -0.05) is 0 Å². The van der Waals surface area contributed by atoms with Gasteiger partial charge in [0.15, 0.2) is 0 Å². The second-order valence-corrected chi connectivity index (χ2v) is 6.00. The highest BCUT2D eigenvalue weighted by Gasteiger charge is 2.12. The zero-order valence-electron chi connectivity index (χ0n) is 9.23. The Hall–Kier alpha value is -0.720. The second-order valence-electron chi connectivity index (χ2n) is 3.60. The third kappa shape index (κ3) is 4.03. The van der Waals surface area contributed by atoms with E-state index in [1.807, 2.05) is 6.92 Å². The molecule has 0 spiro atoms. The van der Waals surface area contributed by atoms with Crippen LogP contribution in [0.2, 0.25) is 0 Å². The van der Waals surface area contributed by atoms with E-state index in [1.165, 1.54) is 11.3 Å². The first-order valence-corrected chi connectivity index (χ1v) is 7.44. The molecule has 0 saturated carbocycles. The van der Waals surface area contributed by atoms with E-state index in [1.54, 1.807) is 17.7 Å². The first-order valence-electron chi connectivity index (χ1n) is 4.83. The van der Waals surface area contributed by atoms with Crippen molar-refractivity contribution in [2.45, 2.75) is 19.5 Å². The summed E-state index contributed by atoms with van der Waals surface area (Å²) in [5, 5.41) is 13.8. The first kappa shape index (κ1) is 13.3. The van der Waals surface area contributed by atoms with Crippen LogP contribution >= 0.6 is 11.3 Å². The fraction of sp³-hybridized carbons (Fsp3) is 0.500. The van der Waals surface area contributed by atoms with E-state index in [0.29, 0.717) is 17.2 Å². The molecule has 0 aromatic carbocycles. The Labute approximate surface area is 101 Å². The van der Waals surface area contributed by atoms with E-state index < -0.39 is 16.8 Å². The summed E-state index contributed by atoms with van der Waals surface area (Å²) < 4.78 is 11.0. The van der Waals surface area contributed by atoms with Crippen molar-refractivity contribution in [3.8, 4) is 0 Å². The molecule has 0 bridgehead atoms. The van der Waals surface area contributed by atoms with Crippen LogP contribution in [0.1, 0.15) is 22.2 Å². The van der Waals surface area contributed by atoms with Crippen molar-refractivity contribution in [1.82, 2.24) is 5.32 Å². The lowest BCUT2D eigenvalue weighted by Crippen LogP contribution is -2.30. The van der Waals surface area contributed by atoms with Crippen LogP contribution < -0.4 is 5.32 Å². The maximum atomic E-state index is 11.0. The Morgan fingerprint density at radius 1 is 1.69 bits per heavy atom. The molecular formula is C10H15NO3S2. The number of hydrogen-bond acceptors (Lipinski definition) is 4. The van der Waals surface area contributed by atoms with Crippen LogP contribution in [0.3, 0.4) is 0 Å². The average molecular weight is 261 g/mol. The highest BCUT2D eigenvalue weighted by molar-refractivity contribution is 7.84. The highest BCUT2D eigenvalue weighted by atomic mass is 32.2. The molecule has 2 unspecified atom stereocenters. The standard InChI is InChI=1S/C10H15NO3S2/c1-7(6-16(2)14)11-5-8-3-4-15-9(8)10(12)13/h3-4,7,11H,5-6H2,1-2H3,(H,12,13). The van der Waals surface area contributed by atoms with Crippen molar-refractivity contribution in [2.24, 2.45) is 0 Å². The van der Waals surface area contributed by atoms with Crippen molar-refractivity contribution in [3.63, 3.8) is 0 Å². The van der Waals surface area contributed by atoms with Gasteiger partial charge >= 0.3 is 5.97 Å². The van der Waals surface area contributed by atoms with Crippen LogP contribution in [0, 0.1) is 0 Å². The fourth-order valence-electron chi connectivity index (χ4n) is 1.36. The molecule has 0 aliphatic heterocycles. The quantitative estimate of drug-likeness (QED) is 0.810. The van der Waals surface area contributed by atoms with Crippen molar-refractivity contribution >= 4 is 28.1 Å². The minimum atomic E-state index is -0.890. The maximum Gasteiger partial charge on any atom is 0.346 e. The molecule has 0 aliphatic rings. The molecule has 1 rings (SSSR count). The molecule has 0 fully saturated rings. The molecule has 1 heterocycles. The van der Waals surface area contributed by atoms with E-state index in [2.05, 4.69) is 5.32 Å². The van der Waals surface area contributed by atoms with E-state index >= 15 is 0 Å². The zero-order chi connectivity index (χ0) is 12.1. The number of rotatable bonds is 6. The van der Waals surface area contributed by atoms with Gasteiger partial charge in [0.2, 0.25) is 0 Å². The van der Waals surface area contributed by atoms with Gasteiger partial charge in [-0.2, -0.15) is 0 Å². The largest absolute Gasteiger partial charge is 0.477 e.